The third-order valence-electron chi connectivity index (χ3n) is 4.10. The molecule has 140 valence electrons. The predicted molar refractivity (Wildman–Crippen MR) is 101 cm³/mol. The van der Waals surface area contributed by atoms with Crippen molar-refractivity contribution in [3.63, 3.8) is 0 Å². The first-order valence-corrected chi connectivity index (χ1v) is 8.73. The van der Waals surface area contributed by atoms with Crippen molar-refractivity contribution in [3.05, 3.63) is 59.5 Å². The molecule has 6 heteroatoms. The van der Waals surface area contributed by atoms with Crippen LogP contribution in [-0.2, 0) is 6.61 Å². The van der Waals surface area contributed by atoms with E-state index < -0.39 is 0 Å². The second-order valence-electron chi connectivity index (χ2n) is 6.49. The molecule has 0 bridgehead atoms. The van der Waals surface area contributed by atoms with Crippen molar-refractivity contribution in [3.8, 4) is 22.9 Å². The number of ketones is 1. The van der Waals surface area contributed by atoms with Crippen LogP contribution in [-0.4, -0.2) is 23.0 Å². The van der Waals surface area contributed by atoms with Crippen LogP contribution in [0.25, 0.3) is 11.4 Å². The molecular weight excluding hydrogens is 344 g/mol. The van der Waals surface area contributed by atoms with E-state index in [-0.39, 0.29) is 11.7 Å². The molecular formula is C21H22N2O4. The highest BCUT2D eigenvalue weighted by Gasteiger charge is 2.20. The molecule has 3 rings (SSSR count). The van der Waals surface area contributed by atoms with Gasteiger partial charge in [-0.25, -0.2) is 0 Å². The van der Waals surface area contributed by atoms with Crippen LogP contribution in [0, 0.1) is 0 Å². The molecule has 0 fully saturated rings. The van der Waals surface area contributed by atoms with Gasteiger partial charge in [-0.15, -0.1) is 0 Å². The fourth-order valence-electron chi connectivity index (χ4n) is 2.62. The zero-order valence-electron chi connectivity index (χ0n) is 15.9. The predicted octanol–water partition coefficient (Wildman–Crippen LogP) is 4.65. The highest BCUT2D eigenvalue weighted by molar-refractivity contribution is 6.01. The fraction of sp³-hybridized carbons (Fsp3) is 0.286. The van der Waals surface area contributed by atoms with Gasteiger partial charge in [0.1, 0.15) is 6.61 Å². The van der Waals surface area contributed by atoms with Crippen molar-refractivity contribution < 1.29 is 18.8 Å². The van der Waals surface area contributed by atoms with E-state index in [9.17, 15) is 4.79 Å². The Morgan fingerprint density at radius 1 is 1.15 bits per heavy atom. The molecule has 3 aromatic rings. The number of hydrogen-bond donors (Lipinski definition) is 0. The van der Waals surface area contributed by atoms with Crippen LogP contribution in [0.5, 0.6) is 11.5 Å². The van der Waals surface area contributed by atoms with Crippen molar-refractivity contribution in [1.29, 1.82) is 0 Å². The summed E-state index contributed by atoms with van der Waals surface area (Å²) in [6.07, 6.45) is 0. The van der Waals surface area contributed by atoms with Crippen molar-refractivity contribution in [2.75, 3.05) is 7.11 Å². The summed E-state index contributed by atoms with van der Waals surface area (Å²) >= 11 is 0. The Hall–Kier alpha value is -3.15. The Kier molecular flexibility index (Phi) is 5.54. The number of carbonyl (C=O) groups excluding carboxylic acids is 1. The van der Waals surface area contributed by atoms with Gasteiger partial charge in [0.15, 0.2) is 17.3 Å². The molecule has 0 spiro atoms. The minimum Gasteiger partial charge on any atom is -0.493 e. The number of Topliss-reactive ketones (excluding diaryl/α,β-unsaturated/α-hetero) is 1. The molecule has 0 aliphatic heterocycles. The summed E-state index contributed by atoms with van der Waals surface area (Å²) < 4.78 is 16.6. The highest BCUT2D eigenvalue weighted by Crippen LogP contribution is 2.36. The summed E-state index contributed by atoms with van der Waals surface area (Å²) in [7, 11) is 1.55. The summed E-state index contributed by atoms with van der Waals surface area (Å²) in [5, 5.41) is 4.01. The van der Waals surface area contributed by atoms with Crippen molar-refractivity contribution in [2.24, 2.45) is 0 Å². The third kappa shape index (κ3) is 4.16. The lowest BCUT2D eigenvalue weighted by Gasteiger charge is -2.14. The number of methoxy groups -OCH3 is 1. The van der Waals surface area contributed by atoms with Crippen molar-refractivity contribution >= 4 is 5.78 Å². The lowest BCUT2D eigenvalue weighted by molar-refractivity contribution is 0.101. The maximum Gasteiger partial charge on any atom is 0.229 e. The number of aromatic nitrogens is 2. The quantitative estimate of drug-likeness (QED) is 0.567. The van der Waals surface area contributed by atoms with Crippen LogP contribution < -0.4 is 9.47 Å². The van der Waals surface area contributed by atoms with Gasteiger partial charge in [0.2, 0.25) is 11.7 Å². The number of benzene rings is 2. The van der Waals surface area contributed by atoms with Crippen LogP contribution in [0.1, 0.15) is 48.5 Å². The largest absolute Gasteiger partial charge is 0.493 e. The molecule has 2 aromatic carbocycles. The second-order valence-corrected chi connectivity index (χ2v) is 6.49. The molecule has 1 aromatic heterocycles. The van der Waals surface area contributed by atoms with E-state index in [1.165, 1.54) is 6.92 Å². The standard InChI is InChI=1S/C21H22N2O4/c1-13(2)21-22-20(23-27-21)17-11-18(25-4)19(10-16(17)14(3)24)26-12-15-8-6-5-7-9-15/h5-11,13H,12H2,1-4H3. The van der Waals surface area contributed by atoms with E-state index in [4.69, 9.17) is 14.0 Å². The van der Waals surface area contributed by atoms with Crippen LogP contribution in [0.4, 0.5) is 0 Å². The van der Waals surface area contributed by atoms with Crippen molar-refractivity contribution in [2.45, 2.75) is 33.3 Å². The van der Waals surface area contributed by atoms with Gasteiger partial charge in [0.05, 0.1) is 7.11 Å². The average Bonchev–Trinajstić information content (AvgIpc) is 3.16. The monoisotopic (exact) mass is 366 g/mol. The van der Waals surface area contributed by atoms with E-state index in [0.717, 1.165) is 5.56 Å². The van der Waals surface area contributed by atoms with E-state index >= 15 is 0 Å². The number of hydrogen-bond acceptors (Lipinski definition) is 6. The lowest BCUT2D eigenvalue weighted by atomic mass is 10.0. The number of nitrogens with zero attached hydrogens (tertiary/aromatic N) is 2. The number of carbonyl (C=O) groups is 1. The zero-order valence-corrected chi connectivity index (χ0v) is 15.9. The van der Waals surface area contributed by atoms with Crippen LogP contribution in [0.3, 0.4) is 0 Å². The summed E-state index contributed by atoms with van der Waals surface area (Å²) in [6, 6.07) is 13.2. The zero-order chi connectivity index (χ0) is 19.4. The second kappa shape index (κ2) is 8.03. The summed E-state index contributed by atoms with van der Waals surface area (Å²) in [5.41, 5.74) is 2.03. The van der Waals surface area contributed by atoms with Crippen LogP contribution in [0.15, 0.2) is 47.0 Å². The normalized spacial score (nSPS) is 10.9. The van der Waals surface area contributed by atoms with Gasteiger partial charge in [-0.1, -0.05) is 49.3 Å². The highest BCUT2D eigenvalue weighted by atomic mass is 16.5. The molecule has 0 radical (unpaired) electrons. The molecule has 0 saturated heterocycles. The Balaban J connectivity index is 1.98. The van der Waals surface area contributed by atoms with Gasteiger partial charge >= 0.3 is 0 Å². The molecule has 27 heavy (non-hydrogen) atoms. The molecule has 0 aliphatic rings. The summed E-state index contributed by atoms with van der Waals surface area (Å²) in [4.78, 5) is 16.6. The number of rotatable bonds is 7. The molecule has 0 atom stereocenters. The van der Waals surface area contributed by atoms with E-state index in [1.807, 2.05) is 44.2 Å². The van der Waals surface area contributed by atoms with Gasteiger partial charge in [-0.2, -0.15) is 4.98 Å². The smallest absolute Gasteiger partial charge is 0.229 e. The van der Waals surface area contributed by atoms with Gasteiger partial charge in [-0.05, 0) is 24.6 Å². The first kappa shape index (κ1) is 18.6. The van der Waals surface area contributed by atoms with Gasteiger partial charge in [0, 0.05) is 17.0 Å². The SMILES string of the molecule is COc1cc(-c2noc(C(C)C)n2)c(C(C)=O)cc1OCc1ccccc1. The first-order chi connectivity index (χ1) is 13.0. The molecule has 0 amide bonds. The minimum atomic E-state index is -0.117. The number of ether oxygens (including phenoxy) is 2. The molecule has 6 nitrogen and oxygen atoms in total. The van der Waals surface area contributed by atoms with Crippen LogP contribution >= 0.6 is 0 Å². The maximum absolute atomic E-state index is 12.2. The molecule has 0 unspecified atom stereocenters. The Morgan fingerprint density at radius 3 is 2.48 bits per heavy atom. The van der Waals surface area contributed by atoms with Crippen molar-refractivity contribution in [1.82, 2.24) is 10.1 Å². The fourth-order valence-corrected chi connectivity index (χ4v) is 2.62. The average molecular weight is 366 g/mol. The minimum absolute atomic E-state index is 0.0994. The molecule has 0 N–H and O–H groups in total. The maximum atomic E-state index is 12.2. The van der Waals surface area contributed by atoms with E-state index in [1.54, 1.807) is 19.2 Å². The topological polar surface area (TPSA) is 74.5 Å². The third-order valence-corrected chi connectivity index (χ3v) is 4.10. The van der Waals surface area contributed by atoms with Gasteiger partial charge in [-0.3, -0.25) is 4.79 Å². The summed E-state index contributed by atoms with van der Waals surface area (Å²) in [6.45, 7) is 5.79. The van der Waals surface area contributed by atoms with E-state index in [2.05, 4.69) is 10.1 Å². The molecule has 0 aliphatic carbocycles. The molecule has 0 saturated carbocycles. The Bertz CT molecular complexity index is 933. The Labute approximate surface area is 158 Å². The first-order valence-electron chi connectivity index (χ1n) is 8.73. The van der Waals surface area contributed by atoms with E-state index in [0.29, 0.717) is 40.9 Å². The Morgan fingerprint density at radius 2 is 1.89 bits per heavy atom. The van der Waals surface area contributed by atoms with Gasteiger partial charge in [0.25, 0.3) is 0 Å². The van der Waals surface area contributed by atoms with Crippen LogP contribution in [0.2, 0.25) is 0 Å². The molecule has 1 heterocycles. The lowest BCUT2D eigenvalue weighted by Crippen LogP contribution is -2.03. The van der Waals surface area contributed by atoms with Gasteiger partial charge < -0.3 is 14.0 Å². The summed E-state index contributed by atoms with van der Waals surface area (Å²) in [5.74, 6) is 1.85.